The summed E-state index contributed by atoms with van der Waals surface area (Å²) in [6.45, 7) is 2.02. The van der Waals surface area contributed by atoms with Gasteiger partial charge in [0.05, 0.1) is 12.7 Å². The third-order valence-electron chi connectivity index (χ3n) is 4.42. The maximum absolute atomic E-state index is 13.0. The Morgan fingerprint density at radius 3 is 2.64 bits per heavy atom. The van der Waals surface area contributed by atoms with Gasteiger partial charge in [-0.15, -0.1) is 0 Å². The molecule has 2 aliphatic rings. The fourth-order valence-electron chi connectivity index (χ4n) is 3.16. The van der Waals surface area contributed by atoms with Crippen LogP contribution in [0, 0.1) is 12.8 Å². The molecule has 2 aromatic carbocycles. The van der Waals surface area contributed by atoms with E-state index >= 15 is 0 Å². The maximum Gasteiger partial charge on any atom is 0.320 e. The van der Waals surface area contributed by atoms with E-state index in [4.69, 9.17) is 18.9 Å². The van der Waals surface area contributed by atoms with Gasteiger partial charge < -0.3 is 18.9 Å². The van der Waals surface area contributed by atoms with Gasteiger partial charge in [-0.2, -0.15) is 0 Å². The Bertz CT molecular complexity index is 872. The molecule has 128 valence electrons. The average Bonchev–Trinajstić information content (AvgIpc) is 3.09. The number of fused-ring (bicyclic) bond motifs is 2. The number of methoxy groups -OCH3 is 1. The topological polar surface area (TPSA) is 71.1 Å². The summed E-state index contributed by atoms with van der Waals surface area (Å²) in [4.78, 5) is 25.3. The summed E-state index contributed by atoms with van der Waals surface area (Å²) in [5.74, 6) is -0.360. The summed E-state index contributed by atoms with van der Waals surface area (Å²) in [7, 11) is 1.26. The molecule has 0 aliphatic carbocycles. The normalized spacial score (nSPS) is 20.6. The van der Waals surface area contributed by atoms with Crippen molar-refractivity contribution in [2.75, 3.05) is 13.9 Å². The second kappa shape index (κ2) is 5.81. The van der Waals surface area contributed by atoms with Crippen molar-refractivity contribution in [1.29, 1.82) is 0 Å². The lowest BCUT2D eigenvalue weighted by atomic mass is 9.85. The van der Waals surface area contributed by atoms with Crippen LogP contribution in [0.3, 0.4) is 0 Å². The van der Waals surface area contributed by atoms with E-state index in [1.165, 1.54) is 7.11 Å². The van der Waals surface area contributed by atoms with Gasteiger partial charge in [-0.05, 0) is 36.8 Å². The van der Waals surface area contributed by atoms with Crippen LogP contribution in [0.25, 0.3) is 0 Å². The van der Waals surface area contributed by atoms with E-state index in [0.29, 0.717) is 28.4 Å². The fourth-order valence-corrected chi connectivity index (χ4v) is 3.16. The molecule has 0 amide bonds. The van der Waals surface area contributed by atoms with Crippen LogP contribution >= 0.6 is 0 Å². The van der Waals surface area contributed by atoms with Crippen LogP contribution in [0.4, 0.5) is 0 Å². The van der Waals surface area contributed by atoms with Gasteiger partial charge >= 0.3 is 5.97 Å². The molecule has 0 radical (unpaired) electrons. The lowest BCUT2D eigenvalue weighted by molar-refractivity contribution is -0.146. The van der Waals surface area contributed by atoms with Gasteiger partial charge in [0.2, 0.25) is 6.79 Å². The highest BCUT2D eigenvalue weighted by molar-refractivity contribution is 6.11. The minimum absolute atomic E-state index is 0.145. The zero-order chi connectivity index (χ0) is 17.6. The lowest BCUT2D eigenvalue weighted by Crippen LogP contribution is -2.37. The number of carbonyl (C=O) groups excluding carboxylic acids is 2. The molecule has 0 fully saturated rings. The fraction of sp³-hybridized carbons (Fsp3) is 0.263. The molecule has 4 rings (SSSR count). The summed E-state index contributed by atoms with van der Waals surface area (Å²) < 4.78 is 21.6. The van der Waals surface area contributed by atoms with Gasteiger partial charge in [0.15, 0.2) is 23.2 Å². The molecular weight excluding hydrogens is 324 g/mol. The van der Waals surface area contributed by atoms with Crippen molar-refractivity contribution in [1.82, 2.24) is 0 Å². The number of hydrogen-bond acceptors (Lipinski definition) is 6. The zero-order valence-electron chi connectivity index (χ0n) is 13.8. The number of esters is 1. The van der Waals surface area contributed by atoms with E-state index in [0.717, 1.165) is 5.56 Å². The Morgan fingerprint density at radius 1 is 1.08 bits per heavy atom. The van der Waals surface area contributed by atoms with Crippen molar-refractivity contribution in [3.05, 3.63) is 53.1 Å². The van der Waals surface area contributed by atoms with Gasteiger partial charge in [0.25, 0.3) is 0 Å². The Morgan fingerprint density at radius 2 is 1.84 bits per heavy atom. The van der Waals surface area contributed by atoms with Crippen LogP contribution in [0.15, 0.2) is 36.4 Å². The standard InChI is InChI=1S/C19H16O6/c1-10-3-5-13-12(7-10)17(20)16(19(21)22-2)18(25-13)11-4-6-14-15(8-11)24-9-23-14/h3-8,16,18H,9H2,1-2H3. The summed E-state index contributed by atoms with van der Waals surface area (Å²) in [6, 6.07) is 10.6. The molecule has 0 saturated heterocycles. The van der Waals surface area contributed by atoms with Gasteiger partial charge in [-0.1, -0.05) is 17.7 Å². The van der Waals surface area contributed by atoms with E-state index < -0.39 is 18.0 Å². The number of rotatable bonds is 2. The first-order chi connectivity index (χ1) is 12.1. The third-order valence-corrected chi connectivity index (χ3v) is 4.42. The predicted octanol–water partition coefficient (Wildman–Crippen LogP) is 2.83. The lowest BCUT2D eigenvalue weighted by Gasteiger charge is -2.31. The number of hydrogen-bond donors (Lipinski definition) is 0. The summed E-state index contributed by atoms with van der Waals surface area (Å²) >= 11 is 0. The number of benzene rings is 2. The minimum Gasteiger partial charge on any atom is -0.484 e. The van der Waals surface area contributed by atoms with Gasteiger partial charge in [-0.3, -0.25) is 9.59 Å². The van der Waals surface area contributed by atoms with Crippen molar-refractivity contribution >= 4 is 11.8 Å². The summed E-state index contributed by atoms with van der Waals surface area (Å²) in [5.41, 5.74) is 1.97. The molecule has 0 spiro atoms. The molecule has 0 saturated carbocycles. The van der Waals surface area contributed by atoms with Crippen molar-refractivity contribution in [2.45, 2.75) is 13.0 Å². The molecule has 25 heavy (non-hydrogen) atoms. The van der Waals surface area contributed by atoms with Crippen LogP contribution < -0.4 is 14.2 Å². The highest BCUT2D eigenvalue weighted by Crippen LogP contribution is 2.42. The molecule has 0 bridgehead atoms. The maximum atomic E-state index is 13.0. The first-order valence-corrected chi connectivity index (χ1v) is 7.87. The smallest absolute Gasteiger partial charge is 0.320 e. The highest BCUT2D eigenvalue weighted by atomic mass is 16.7. The van der Waals surface area contributed by atoms with E-state index in [-0.39, 0.29) is 12.6 Å². The molecule has 0 N–H and O–H groups in total. The quantitative estimate of drug-likeness (QED) is 0.618. The molecule has 2 unspecified atom stereocenters. The Hall–Kier alpha value is -3.02. The number of aryl methyl sites for hydroxylation is 1. The molecular formula is C19H16O6. The molecule has 6 nitrogen and oxygen atoms in total. The first kappa shape index (κ1) is 15.5. The largest absolute Gasteiger partial charge is 0.484 e. The zero-order valence-corrected chi connectivity index (χ0v) is 13.8. The van der Waals surface area contributed by atoms with E-state index in [9.17, 15) is 9.59 Å². The highest BCUT2D eigenvalue weighted by Gasteiger charge is 2.44. The summed E-state index contributed by atoms with van der Waals surface area (Å²) in [5, 5.41) is 0. The molecule has 2 heterocycles. The Kier molecular flexibility index (Phi) is 3.60. The van der Waals surface area contributed by atoms with Crippen LogP contribution in [0.2, 0.25) is 0 Å². The van der Waals surface area contributed by atoms with Crippen LogP contribution in [-0.2, 0) is 9.53 Å². The van der Waals surface area contributed by atoms with Crippen LogP contribution in [-0.4, -0.2) is 25.7 Å². The number of ketones is 1. The second-order valence-electron chi connectivity index (χ2n) is 6.02. The molecule has 2 aromatic rings. The SMILES string of the molecule is COC(=O)C1C(=O)c2cc(C)ccc2OC1c1ccc2c(c1)OCO2. The van der Waals surface area contributed by atoms with E-state index in [2.05, 4.69) is 0 Å². The van der Waals surface area contributed by atoms with Crippen molar-refractivity contribution < 1.29 is 28.5 Å². The number of ether oxygens (including phenoxy) is 4. The van der Waals surface area contributed by atoms with Gasteiger partial charge in [0.1, 0.15) is 11.9 Å². The van der Waals surface area contributed by atoms with Gasteiger partial charge in [0, 0.05) is 0 Å². The number of Topliss-reactive ketones (excluding diaryl/α,β-unsaturated/α-hetero) is 1. The summed E-state index contributed by atoms with van der Waals surface area (Å²) in [6.07, 6.45) is -0.787. The third kappa shape index (κ3) is 2.50. The average molecular weight is 340 g/mol. The minimum atomic E-state index is -1.07. The Balaban J connectivity index is 1.80. The first-order valence-electron chi connectivity index (χ1n) is 7.87. The second-order valence-corrected chi connectivity index (χ2v) is 6.02. The Labute approximate surface area is 144 Å². The molecule has 0 aromatic heterocycles. The van der Waals surface area contributed by atoms with Crippen molar-refractivity contribution in [3.8, 4) is 17.2 Å². The van der Waals surface area contributed by atoms with Crippen LogP contribution in [0.5, 0.6) is 17.2 Å². The van der Waals surface area contributed by atoms with E-state index in [1.807, 2.05) is 13.0 Å². The molecule has 2 atom stereocenters. The number of carbonyl (C=O) groups is 2. The van der Waals surface area contributed by atoms with Crippen molar-refractivity contribution in [2.24, 2.45) is 5.92 Å². The van der Waals surface area contributed by atoms with Crippen molar-refractivity contribution in [3.63, 3.8) is 0 Å². The van der Waals surface area contributed by atoms with Gasteiger partial charge in [-0.25, -0.2) is 0 Å². The van der Waals surface area contributed by atoms with Crippen LogP contribution in [0.1, 0.15) is 27.6 Å². The molecule has 2 aliphatic heterocycles. The molecule has 6 heteroatoms. The van der Waals surface area contributed by atoms with E-state index in [1.54, 1.807) is 30.3 Å². The monoisotopic (exact) mass is 340 g/mol. The predicted molar refractivity (Wildman–Crippen MR) is 86.9 cm³/mol.